The molecule has 1 aromatic heterocycles. The van der Waals surface area contributed by atoms with Crippen molar-refractivity contribution >= 4 is 0 Å². The monoisotopic (exact) mass is 322 g/mol. The maximum absolute atomic E-state index is 12.8. The SMILES string of the molecule is CNC.FC(F)(F)c1cc(-c2cccc3c2CCCC3)ccn1. The highest BCUT2D eigenvalue weighted by Crippen LogP contribution is 2.34. The fourth-order valence-corrected chi connectivity index (χ4v) is 2.80. The van der Waals surface area contributed by atoms with Crippen molar-refractivity contribution < 1.29 is 13.2 Å². The van der Waals surface area contributed by atoms with Crippen molar-refractivity contribution in [2.45, 2.75) is 31.9 Å². The second-order valence-corrected chi connectivity index (χ2v) is 5.58. The maximum Gasteiger partial charge on any atom is 0.433 e. The van der Waals surface area contributed by atoms with Crippen LogP contribution in [-0.2, 0) is 19.0 Å². The Morgan fingerprint density at radius 1 is 1.04 bits per heavy atom. The molecular formula is C18H21F3N2. The Balaban J connectivity index is 0.000000595. The second kappa shape index (κ2) is 7.59. The first-order valence-electron chi connectivity index (χ1n) is 7.70. The molecule has 124 valence electrons. The van der Waals surface area contributed by atoms with E-state index >= 15 is 0 Å². The first-order valence-corrected chi connectivity index (χ1v) is 7.70. The minimum Gasteiger partial charge on any atom is -0.323 e. The van der Waals surface area contributed by atoms with Crippen molar-refractivity contribution in [3.8, 4) is 11.1 Å². The third-order valence-electron chi connectivity index (χ3n) is 3.76. The van der Waals surface area contributed by atoms with Gasteiger partial charge in [0.1, 0.15) is 5.69 Å². The number of nitrogens with zero attached hydrogens (tertiary/aromatic N) is 1. The molecular weight excluding hydrogens is 301 g/mol. The van der Waals surface area contributed by atoms with E-state index in [1.54, 1.807) is 6.07 Å². The molecule has 0 bridgehead atoms. The number of benzene rings is 1. The van der Waals surface area contributed by atoms with E-state index in [0.29, 0.717) is 5.56 Å². The van der Waals surface area contributed by atoms with Gasteiger partial charge in [-0.25, -0.2) is 0 Å². The minimum absolute atomic E-state index is 0.603. The quantitative estimate of drug-likeness (QED) is 0.837. The van der Waals surface area contributed by atoms with Gasteiger partial charge in [0, 0.05) is 6.20 Å². The van der Waals surface area contributed by atoms with Crippen LogP contribution in [0, 0.1) is 0 Å². The van der Waals surface area contributed by atoms with Crippen molar-refractivity contribution in [1.82, 2.24) is 10.3 Å². The zero-order valence-corrected chi connectivity index (χ0v) is 13.4. The molecule has 3 rings (SSSR count). The van der Waals surface area contributed by atoms with E-state index in [9.17, 15) is 13.2 Å². The van der Waals surface area contributed by atoms with Gasteiger partial charge in [-0.2, -0.15) is 13.2 Å². The zero-order valence-electron chi connectivity index (χ0n) is 13.4. The summed E-state index contributed by atoms with van der Waals surface area (Å²) < 4.78 is 38.3. The summed E-state index contributed by atoms with van der Waals surface area (Å²) in [5, 5.41) is 2.75. The van der Waals surface area contributed by atoms with E-state index in [1.165, 1.54) is 17.3 Å². The Kier molecular flexibility index (Phi) is 5.77. The molecule has 0 saturated heterocycles. The molecule has 0 amide bonds. The van der Waals surface area contributed by atoms with Gasteiger partial charge in [0.15, 0.2) is 0 Å². The summed E-state index contributed by atoms with van der Waals surface area (Å²) >= 11 is 0. The van der Waals surface area contributed by atoms with E-state index in [1.807, 2.05) is 26.2 Å². The van der Waals surface area contributed by atoms with E-state index in [-0.39, 0.29) is 0 Å². The molecule has 2 nitrogen and oxygen atoms in total. The van der Waals surface area contributed by atoms with E-state index < -0.39 is 11.9 Å². The first kappa shape index (κ1) is 17.5. The van der Waals surface area contributed by atoms with Gasteiger partial charge in [0.2, 0.25) is 0 Å². The molecule has 1 heterocycles. The van der Waals surface area contributed by atoms with Crippen molar-refractivity contribution in [2.75, 3.05) is 14.1 Å². The number of pyridine rings is 1. The van der Waals surface area contributed by atoms with E-state index in [0.717, 1.165) is 37.3 Å². The van der Waals surface area contributed by atoms with Gasteiger partial charge in [-0.1, -0.05) is 18.2 Å². The average Bonchev–Trinajstić information content (AvgIpc) is 2.54. The molecule has 0 saturated carbocycles. The highest BCUT2D eigenvalue weighted by molar-refractivity contribution is 5.69. The molecule has 0 aliphatic heterocycles. The molecule has 1 aromatic carbocycles. The highest BCUT2D eigenvalue weighted by Gasteiger charge is 2.32. The van der Waals surface area contributed by atoms with Gasteiger partial charge < -0.3 is 5.32 Å². The topological polar surface area (TPSA) is 24.9 Å². The van der Waals surface area contributed by atoms with Crippen molar-refractivity contribution in [2.24, 2.45) is 0 Å². The Hall–Kier alpha value is -1.88. The standard InChI is InChI=1S/C16H14F3N.C2H7N/c17-16(18,19)15-10-12(8-9-20-15)14-7-3-5-11-4-1-2-6-13(11)14;1-3-2/h3,5,7-10H,1-2,4,6H2;3H,1-2H3. The number of fused-ring (bicyclic) bond motifs is 1. The van der Waals surface area contributed by atoms with Crippen LogP contribution in [0.25, 0.3) is 11.1 Å². The molecule has 1 aliphatic carbocycles. The largest absolute Gasteiger partial charge is 0.433 e. The van der Waals surface area contributed by atoms with Gasteiger partial charge in [0.25, 0.3) is 0 Å². The minimum atomic E-state index is -4.40. The summed E-state index contributed by atoms with van der Waals surface area (Å²) in [7, 11) is 3.75. The number of nitrogens with one attached hydrogen (secondary N) is 1. The van der Waals surface area contributed by atoms with Crippen molar-refractivity contribution in [1.29, 1.82) is 0 Å². The number of rotatable bonds is 1. The molecule has 0 unspecified atom stereocenters. The van der Waals surface area contributed by atoms with Crippen LogP contribution in [0.2, 0.25) is 0 Å². The first-order chi connectivity index (χ1) is 11.0. The van der Waals surface area contributed by atoms with Crippen molar-refractivity contribution in [3.63, 3.8) is 0 Å². The number of aryl methyl sites for hydroxylation is 1. The summed E-state index contributed by atoms with van der Waals surface area (Å²) in [5.74, 6) is 0. The molecule has 0 radical (unpaired) electrons. The van der Waals surface area contributed by atoms with Crippen LogP contribution < -0.4 is 5.32 Å². The zero-order chi connectivity index (χ0) is 16.9. The van der Waals surface area contributed by atoms with E-state index in [2.05, 4.69) is 16.4 Å². The lowest BCUT2D eigenvalue weighted by atomic mass is 9.86. The Labute approximate surface area is 134 Å². The molecule has 23 heavy (non-hydrogen) atoms. The van der Waals surface area contributed by atoms with Gasteiger partial charge in [-0.3, -0.25) is 4.98 Å². The third kappa shape index (κ3) is 4.32. The molecule has 1 aliphatic rings. The van der Waals surface area contributed by atoms with Crippen LogP contribution in [0.3, 0.4) is 0 Å². The summed E-state index contributed by atoms with van der Waals surface area (Å²) in [5.41, 5.74) is 3.14. The second-order valence-electron chi connectivity index (χ2n) is 5.58. The van der Waals surface area contributed by atoms with Gasteiger partial charge in [0.05, 0.1) is 0 Å². The third-order valence-corrected chi connectivity index (χ3v) is 3.76. The van der Waals surface area contributed by atoms with Crippen LogP contribution >= 0.6 is 0 Å². The molecule has 2 aromatic rings. The smallest absolute Gasteiger partial charge is 0.323 e. The summed E-state index contributed by atoms with van der Waals surface area (Å²) in [6, 6.07) is 8.69. The highest BCUT2D eigenvalue weighted by atomic mass is 19.4. The predicted octanol–water partition coefficient (Wildman–Crippen LogP) is 4.48. The van der Waals surface area contributed by atoms with Crippen LogP contribution in [0.5, 0.6) is 0 Å². The molecule has 0 fully saturated rings. The number of aromatic nitrogens is 1. The lowest BCUT2D eigenvalue weighted by Gasteiger charge is -2.19. The summed E-state index contributed by atoms with van der Waals surface area (Å²) in [4.78, 5) is 3.42. The summed E-state index contributed by atoms with van der Waals surface area (Å²) in [6.45, 7) is 0. The maximum atomic E-state index is 12.8. The number of alkyl halides is 3. The molecule has 1 N–H and O–H groups in total. The van der Waals surface area contributed by atoms with Crippen LogP contribution in [0.4, 0.5) is 13.2 Å². The van der Waals surface area contributed by atoms with Crippen LogP contribution in [0.15, 0.2) is 36.5 Å². The summed E-state index contributed by atoms with van der Waals surface area (Å²) in [6.07, 6.45) is 1.04. The molecule has 0 spiro atoms. The Morgan fingerprint density at radius 3 is 2.43 bits per heavy atom. The fourth-order valence-electron chi connectivity index (χ4n) is 2.80. The van der Waals surface area contributed by atoms with Crippen LogP contribution in [-0.4, -0.2) is 19.1 Å². The Bertz CT molecular complexity index is 651. The number of hydrogen-bond donors (Lipinski definition) is 1. The van der Waals surface area contributed by atoms with Gasteiger partial charge in [-0.05, 0) is 74.2 Å². The predicted molar refractivity (Wildman–Crippen MR) is 86.3 cm³/mol. The van der Waals surface area contributed by atoms with Crippen molar-refractivity contribution in [3.05, 3.63) is 53.3 Å². The molecule has 0 atom stereocenters. The average molecular weight is 322 g/mol. The Morgan fingerprint density at radius 2 is 1.74 bits per heavy atom. The molecule has 5 heteroatoms. The van der Waals surface area contributed by atoms with Gasteiger partial charge in [-0.15, -0.1) is 0 Å². The number of hydrogen-bond acceptors (Lipinski definition) is 2. The normalized spacial score (nSPS) is 13.8. The fraction of sp³-hybridized carbons (Fsp3) is 0.389. The van der Waals surface area contributed by atoms with Gasteiger partial charge >= 0.3 is 6.18 Å². The van der Waals surface area contributed by atoms with Crippen LogP contribution in [0.1, 0.15) is 29.7 Å². The van der Waals surface area contributed by atoms with E-state index in [4.69, 9.17) is 0 Å². The number of halogens is 3. The lowest BCUT2D eigenvalue weighted by molar-refractivity contribution is -0.141. The lowest BCUT2D eigenvalue weighted by Crippen LogP contribution is -2.08.